The van der Waals surface area contributed by atoms with Crippen LogP contribution in [0.25, 0.3) is 0 Å². The molecule has 0 aliphatic heterocycles. The van der Waals surface area contributed by atoms with Crippen LogP contribution in [0.15, 0.2) is 84.9 Å². The highest BCUT2D eigenvalue weighted by molar-refractivity contribution is 7.92. The lowest BCUT2D eigenvalue weighted by Gasteiger charge is -2.25. The lowest BCUT2D eigenvalue weighted by atomic mass is 10.2. The van der Waals surface area contributed by atoms with Gasteiger partial charge in [-0.25, -0.2) is 8.42 Å². The molecule has 0 saturated carbocycles. The summed E-state index contributed by atoms with van der Waals surface area (Å²) in [5.41, 5.74) is 1.41. The number of sulfonamides is 1. The van der Waals surface area contributed by atoms with Gasteiger partial charge in [-0.3, -0.25) is 4.72 Å². The standard InChI is InChI=1S/C23H26N2O4S/c1-30(26,27)24-20-9-8-10-21(19-20)25(15-17-28-22-11-4-2-5-12-22)16-18-29-23-13-6-3-7-14-23/h2-14,19,24H,15-18H2,1H3. The van der Waals surface area contributed by atoms with Crippen molar-refractivity contribution in [2.45, 2.75) is 0 Å². The zero-order valence-corrected chi connectivity index (χ0v) is 17.7. The molecule has 0 atom stereocenters. The van der Waals surface area contributed by atoms with Gasteiger partial charge < -0.3 is 14.4 Å². The summed E-state index contributed by atoms with van der Waals surface area (Å²) in [6, 6.07) is 26.6. The van der Waals surface area contributed by atoms with Crippen LogP contribution >= 0.6 is 0 Å². The molecule has 0 aromatic heterocycles. The van der Waals surface area contributed by atoms with Crippen molar-refractivity contribution in [1.29, 1.82) is 0 Å². The SMILES string of the molecule is CS(=O)(=O)Nc1cccc(N(CCOc2ccccc2)CCOc2ccccc2)c1. The van der Waals surface area contributed by atoms with Crippen LogP contribution in [0.2, 0.25) is 0 Å². The second-order valence-corrected chi connectivity index (χ2v) is 8.48. The maximum Gasteiger partial charge on any atom is 0.229 e. The van der Waals surface area contributed by atoms with Gasteiger partial charge in [-0.05, 0) is 42.5 Å². The van der Waals surface area contributed by atoms with Gasteiger partial charge in [0.2, 0.25) is 10.0 Å². The van der Waals surface area contributed by atoms with Crippen molar-refractivity contribution in [3.05, 3.63) is 84.9 Å². The van der Waals surface area contributed by atoms with E-state index in [4.69, 9.17) is 9.47 Å². The van der Waals surface area contributed by atoms with Crippen molar-refractivity contribution in [2.75, 3.05) is 42.2 Å². The Labute approximate surface area is 178 Å². The summed E-state index contributed by atoms with van der Waals surface area (Å²) >= 11 is 0. The third-order valence-electron chi connectivity index (χ3n) is 4.26. The molecule has 3 aromatic rings. The number of hydrogen-bond donors (Lipinski definition) is 1. The molecule has 0 saturated heterocycles. The summed E-state index contributed by atoms with van der Waals surface area (Å²) in [5, 5.41) is 0. The molecule has 1 N–H and O–H groups in total. The number of para-hydroxylation sites is 2. The van der Waals surface area contributed by atoms with Crippen molar-refractivity contribution >= 4 is 21.4 Å². The quantitative estimate of drug-likeness (QED) is 0.502. The fraction of sp³-hybridized carbons (Fsp3) is 0.217. The van der Waals surface area contributed by atoms with Gasteiger partial charge in [-0.1, -0.05) is 42.5 Å². The number of hydrogen-bond acceptors (Lipinski definition) is 5. The smallest absolute Gasteiger partial charge is 0.229 e. The minimum atomic E-state index is -3.34. The molecule has 0 amide bonds. The van der Waals surface area contributed by atoms with Crippen molar-refractivity contribution in [3.8, 4) is 11.5 Å². The maximum atomic E-state index is 11.6. The van der Waals surface area contributed by atoms with Gasteiger partial charge in [0.1, 0.15) is 24.7 Å². The monoisotopic (exact) mass is 426 g/mol. The molecule has 0 unspecified atom stereocenters. The molecular formula is C23H26N2O4S. The van der Waals surface area contributed by atoms with Crippen LogP contribution in [0.4, 0.5) is 11.4 Å². The molecule has 0 bridgehead atoms. The highest BCUT2D eigenvalue weighted by Crippen LogP contribution is 2.21. The molecule has 0 aliphatic rings. The van der Waals surface area contributed by atoms with Gasteiger partial charge in [-0.2, -0.15) is 0 Å². The molecule has 0 spiro atoms. The summed E-state index contributed by atoms with van der Waals surface area (Å²) in [4.78, 5) is 2.11. The van der Waals surface area contributed by atoms with Gasteiger partial charge in [-0.15, -0.1) is 0 Å². The summed E-state index contributed by atoms with van der Waals surface area (Å²) in [7, 11) is -3.34. The van der Waals surface area contributed by atoms with E-state index in [0.717, 1.165) is 23.4 Å². The van der Waals surface area contributed by atoms with Gasteiger partial charge in [0.25, 0.3) is 0 Å². The van der Waals surface area contributed by atoms with Gasteiger partial charge in [0, 0.05) is 5.69 Å². The predicted octanol–water partition coefficient (Wildman–Crippen LogP) is 4.02. The third kappa shape index (κ3) is 7.33. The normalized spacial score (nSPS) is 11.0. The van der Waals surface area contributed by atoms with Crippen molar-refractivity contribution in [1.82, 2.24) is 0 Å². The molecule has 158 valence electrons. The Morgan fingerprint density at radius 2 is 1.30 bits per heavy atom. The highest BCUT2D eigenvalue weighted by Gasteiger charge is 2.10. The Bertz CT molecular complexity index is 966. The number of nitrogens with one attached hydrogen (secondary N) is 1. The molecule has 30 heavy (non-hydrogen) atoms. The van der Waals surface area contributed by atoms with E-state index in [1.54, 1.807) is 6.07 Å². The van der Waals surface area contributed by atoms with Crippen LogP contribution < -0.4 is 19.1 Å². The molecule has 0 fully saturated rings. The fourth-order valence-corrected chi connectivity index (χ4v) is 3.49. The van der Waals surface area contributed by atoms with Crippen LogP contribution in [0.3, 0.4) is 0 Å². The summed E-state index contributed by atoms with van der Waals surface area (Å²) in [5.74, 6) is 1.62. The average molecular weight is 427 g/mol. The van der Waals surface area contributed by atoms with Crippen LogP contribution in [-0.4, -0.2) is 41.0 Å². The minimum absolute atomic E-state index is 0.485. The zero-order chi connectivity index (χ0) is 21.2. The van der Waals surface area contributed by atoms with Gasteiger partial charge in [0.15, 0.2) is 0 Å². The topological polar surface area (TPSA) is 67.9 Å². The second-order valence-electron chi connectivity index (χ2n) is 6.73. The number of nitrogens with zero attached hydrogens (tertiary/aromatic N) is 1. The first-order chi connectivity index (χ1) is 14.5. The highest BCUT2D eigenvalue weighted by atomic mass is 32.2. The Hall–Kier alpha value is -3.19. The van der Waals surface area contributed by atoms with Crippen molar-refractivity contribution in [3.63, 3.8) is 0 Å². The molecule has 6 nitrogen and oxygen atoms in total. The predicted molar refractivity (Wildman–Crippen MR) is 121 cm³/mol. The number of rotatable bonds is 11. The van der Waals surface area contributed by atoms with E-state index in [9.17, 15) is 8.42 Å². The lowest BCUT2D eigenvalue weighted by molar-refractivity contribution is 0.303. The molecule has 0 heterocycles. The molecule has 3 rings (SSSR count). The molecular weight excluding hydrogens is 400 g/mol. The van der Waals surface area contributed by atoms with E-state index in [1.165, 1.54) is 0 Å². The van der Waals surface area contributed by atoms with E-state index >= 15 is 0 Å². The van der Waals surface area contributed by atoms with E-state index < -0.39 is 10.0 Å². The number of anilines is 2. The number of ether oxygens (including phenoxy) is 2. The van der Waals surface area contributed by atoms with Crippen LogP contribution in [0.1, 0.15) is 0 Å². The summed E-state index contributed by atoms with van der Waals surface area (Å²) < 4.78 is 37.4. The Morgan fingerprint density at radius 3 is 1.80 bits per heavy atom. The Balaban J connectivity index is 1.66. The van der Waals surface area contributed by atoms with E-state index in [1.807, 2.05) is 78.9 Å². The van der Waals surface area contributed by atoms with Gasteiger partial charge >= 0.3 is 0 Å². The first-order valence-corrected chi connectivity index (χ1v) is 11.6. The van der Waals surface area contributed by atoms with E-state index in [-0.39, 0.29) is 0 Å². The van der Waals surface area contributed by atoms with E-state index in [0.29, 0.717) is 32.0 Å². The minimum Gasteiger partial charge on any atom is -0.492 e. The largest absolute Gasteiger partial charge is 0.492 e. The van der Waals surface area contributed by atoms with Crippen molar-refractivity contribution in [2.24, 2.45) is 0 Å². The number of benzene rings is 3. The Morgan fingerprint density at radius 1 is 0.767 bits per heavy atom. The van der Waals surface area contributed by atoms with Crippen LogP contribution in [-0.2, 0) is 10.0 Å². The summed E-state index contributed by atoms with van der Waals surface area (Å²) in [6.45, 7) is 2.21. The molecule has 0 radical (unpaired) electrons. The maximum absolute atomic E-state index is 11.6. The molecule has 7 heteroatoms. The van der Waals surface area contributed by atoms with Crippen LogP contribution in [0, 0.1) is 0 Å². The second kappa shape index (κ2) is 10.5. The van der Waals surface area contributed by atoms with Crippen LogP contribution in [0.5, 0.6) is 11.5 Å². The zero-order valence-electron chi connectivity index (χ0n) is 16.9. The van der Waals surface area contributed by atoms with E-state index in [2.05, 4.69) is 9.62 Å². The lowest BCUT2D eigenvalue weighted by Crippen LogP contribution is -2.32. The summed E-state index contributed by atoms with van der Waals surface area (Å²) in [6.07, 6.45) is 1.14. The molecule has 0 aliphatic carbocycles. The molecule has 3 aromatic carbocycles. The van der Waals surface area contributed by atoms with Gasteiger partial charge in [0.05, 0.1) is 25.0 Å². The fourth-order valence-electron chi connectivity index (χ4n) is 2.93. The van der Waals surface area contributed by atoms with Crippen molar-refractivity contribution < 1.29 is 17.9 Å². The Kier molecular flexibility index (Phi) is 7.57. The average Bonchev–Trinajstić information content (AvgIpc) is 2.73. The first-order valence-electron chi connectivity index (χ1n) is 9.68. The third-order valence-corrected chi connectivity index (χ3v) is 4.87. The first kappa shape index (κ1) is 21.5.